The summed E-state index contributed by atoms with van der Waals surface area (Å²) in [6.07, 6.45) is 2.62. The number of fused-ring (bicyclic) bond motifs is 1. The molecule has 0 spiro atoms. The normalized spacial score (nSPS) is 15.0. The maximum absolute atomic E-state index is 13.3. The van der Waals surface area contributed by atoms with Gasteiger partial charge in [-0.15, -0.1) is 0 Å². The van der Waals surface area contributed by atoms with Crippen molar-refractivity contribution in [1.29, 1.82) is 5.26 Å². The van der Waals surface area contributed by atoms with Gasteiger partial charge in [-0.25, -0.2) is 9.36 Å². The molecule has 1 aliphatic rings. The zero-order valence-corrected chi connectivity index (χ0v) is 21.2. The van der Waals surface area contributed by atoms with Crippen molar-refractivity contribution in [2.24, 2.45) is 0 Å². The molecule has 0 amide bonds. The van der Waals surface area contributed by atoms with Crippen LogP contribution in [0, 0.1) is 11.3 Å². The molecule has 6 heteroatoms. The molecule has 0 bridgehead atoms. The fourth-order valence-electron chi connectivity index (χ4n) is 5.74. The van der Waals surface area contributed by atoms with Crippen molar-refractivity contribution in [3.63, 3.8) is 0 Å². The first kappa shape index (κ1) is 24.7. The minimum Gasteiger partial charge on any atom is -0.303 e. The van der Waals surface area contributed by atoms with Gasteiger partial charge in [-0.05, 0) is 42.5 Å². The highest BCUT2D eigenvalue weighted by Gasteiger charge is 2.35. The first-order chi connectivity index (χ1) is 18.1. The predicted octanol–water partition coefficient (Wildman–Crippen LogP) is 5.39. The molecule has 5 rings (SSSR count). The summed E-state index contributed by atoms with van der Waals surface area (Å²) >= 11 is 0. The minimum atomic E-state index is -0.718. The van der Waals surface area contributed by atoms with Crippen molar-refractivity contribution in [2.45, 2.75) is 44.1 Å². The van der Waals surface area contributed by atoms with E-state index in [4.69, 9.17) is 0 Å². The number of carbonyl (C=O) groups excluding carboxylic acids is 1. The summed E-state index contributed by atoms with van der Waals surface area (Å²) in [5, 5.41) is 10.5. The third kappa shape index (κ3) is 4.52. The number of nitrogens with zero attached hydrogens (tertiary/aromatic N) is 4. The molecule has 0 radical (unpaired) electrons. The summed E-state index contributed by atoms with van der Waals surface area (Å²) in [4.78, 5) is 28.3. The summed E-state index contributed by atoms with van der Waals surface area (Å²) in [5.41, 5.74) is 2.58. The highest BCUT2D eigenvalue weighted by atomic mass is 16.2. The van der Waals surface area contributed by atoms with Gasteiger partial charge in [-0.3, -0.25) is 9.36 Å². The van der Waals surface area contributed by atoms with Gasteiger partial charge in [-0.2, -0.15) is 5.26 Å². The quantitative estimate of drug-likeness (QED) is 0.347. The van der Waals surface area contributed by atoms with Crippen LogP contribution in [-0.4, -0.2) is 39.6 Å². The molecule has 1 fully saturated rings. The van der Waals surface area contributed by atoms with Crippen LogP contribution < -0.4 is 5.69 Å². The molecular formula is C31H32N4O2. The molecule has 0 aliphatic carbocycles. The summed E-state index contributed by atoms with van der Waals surface area (Å²) in [6, 6.07) is 30.4. The average Bonchev–Trinajstić information content (AvgIpc) is 3.26. The van der Waals surface area contributed by atoms with E-state index >= 15 is 0 Å². The predicted molar refractivity (Wildman–Crippen MR) is 146 cm³/mol. The third-order valence-corrected chi connectivity index (χ3v) is 7.78. The molecule has 3 aromatic carbocycles. The number of imidazole rings is 1. The van der Waals surface area contributed by atoms with Gasteiger partial charge < -0.3 is 4.90 Å². The van der Waals surface area contributed by atoms with Gasteiger partial charge in [0.2, 0.25) is 5.91 Å². The second kappa shape index (κ2) is 10.6. The smallest absolute Gasteiger partial charge is 0.303 e. The number of likely N-dealkylation sites (tertiary alicyclic amines) is 1. The SMILES string of the molecule is CCC(=O)n1c(=O)n(C2CCN(CCC(C#N)(c3ccccc3)c3ccccc3)CC2)c2ccccc21. The Morgan fingerprint density at radius 2 is 1.43 bits per heavy atom. The lowest BCUT2D eigenvalue weighted by Gasteiger charge is -2.35. The molecule has 1 aliphatic heterocycles. The van der Waals surface area contributed by atoms with Gasteiger partial charge in [-0.1, -0.05) is 79.7 Å². The summed E-state index contributed by atoms with van der Waals surface area (Å²) in [5.74, 6) is -0.174. The number of benzene rings is 3. The molecule has 2 heterocycles. The van der Waals surface area contributed by atoms with E-state index in [-0.39, 0.29) is 24.1 Å². The summed E-state index contributed by atoms with van der Waals surface area (Å²) in [6.45, 7) is 4.24. The van der Waals surface area contributed by atoms with Crippen LogP contribution in [0.15, 0.2) is 89.7 Å². The average molecular weight is 493 g/mol. The molecule has 37 heavy (non-hydrogen) atoms. The topological polar surface area (TPSA) is 71.0 Å². The number of hydrogen-bond acceptors (Lipinski definition) is 4. The zero-order valence-electron chi connectivity index (χ0n) is 21.2. The maximum atomic E-state index is 13.3. The monoisotopic (exact) mass is 492 g/mol. The number of carbonyl (C=O) groups is 1. The molecule has 6 nitrogen and oxygen atoms in total. The molecule has 1 saturated heterocycles. The van der Waals surface area contributed by atoms with Crippen LogP contribution in [0.3, 0.4) is 0 Å². The largest absolute Gasteiger partial charge is 0.336 e. The Hall–Kier alpha value is -3.95. The zero-order chi connectivity index (χ0) is 25.8. The van der Waals surface area contributed by atoms with E-state index in [2.05, 4.69) is 11.0 Å². The highest BCUT2D eigenvalue weighted by molar-refractivity contribution is 5.90. The van der Waals surface area contributed by atoms with E-state index in [0.29, 0.717) is 11.9 Å². The lowest BCUT2D eigenvalue weighted by Crippen LogP contribution is -2.40. The Morgan fingerprint density at radius 3 is 1.97 bits per heavy atom. The van der Waals surface area contributed by atoms with E-state index in [0.717, 1.165) is 49.1 Å². The molecule has 0 unspecified atom stereocenters. The second-order valence-electron chi connectivity index (χ2n) is 9.80. The van der Waals surface area contributed by atoms with E-state index < -0.39 is 5.41 Å². The molecule has 0 saturated carbocycles. The van der Waals surface area contributed by atoms with Crippen molar-refractivity contribution < 1.29 is 4.79 Å². The maximum Gasteiger partial charge on any atom is 0.336 e. The van der Waals surface area contributed by atoms with E-state index in [1.807, 2.05) is 89.5 Å². The van der Waals surface area contributed by atoms with Gasteiger partial charge >= 0.3 is 5.69 Å². The third-order valence-electron chi connectivity index (χ3n) is 7.78. The van der Waals surface area contributed by atoms with Crippen molar-refractivity contribution >= 4 is 16.9 Å². The fraction of sp³-hybridized carbons (Fsp3) is 0.323. The lowest BCUT2D eigenvalue weighted by atomic mass is 9.73. The molecule has 4 aromatic rings. The first-order valence-electron chi connectivity index (χ1n) is 13.1. The van der Waals surface area contributed by atoms with Crippen molar-refractivity contribution in [1.82, 2.24) is 14.0 Å². The van der Waals surface area contributed by atoms with Crippen LogP contribution in [0.1, 0.15) is 54.6 Å². The molecular weight excluding hydrogens is 460 g/mol. The Labute approximate surface area is 217 Å². The Kier molecular flexibility index (Phi) is 7.07. The number of nitriles is 1. The number of hydrogen-bond donors (Lipinski definition) is 0. The van der Waals surface area contributed by atoms with Crippen LogP contribution in [0.25, 0.3) is 11.0 Å². The Morgan fingerprint density at radius 1 is 0.892 bits per heavy atom. The van der Waals surface area contributed by atoms with Crippen LogP contribution in [0.4, 0.5) is 0 Å². The Bertz CT molecular complexity index is 1430. The number of rotatable bonds is 7. The lowest BCUT2D eigenvalue weighted by molar-refractivity contribution is 0.0907. The van der Waals surface area contributed by atoms with Gasteiger partial charge in [0.1, 0.15) is 5.41 Å². The Balaban J connectivity index is 1.35. The molecule has 0 atom stereocenters. The van der Waals surface area contributed by atoms with E-state index in [1.54, 1.807) is 6.92 Å². The van der Waals surface area contributed by atoms with E-state index in [9.17, 15) is 14.9 Å². The van der Waals surface area contributed by atoms with Crippen LogP contribution in [-0.2, 0) is 5.41 Å². The van der Waals surface area contributed by atoms with Crippen molar-refractivity contribution in [3.05, 3.63) is 107 Å². The van der Waals surface area contributed by atoms with Crippen molar-refractivity contribution in [3.8, 4) is 6.07 Å². The number of aromatic nitrogens is 2. The summed E-state index contributed by atoms with van der Waals surface area (Å²) in [7, 11) is 0. The standard InChI is InChI=1S/C31H32N4O2/c1-2-29(36)35-28-16-10-9-15-27(28)34(30(35)37)26-17-20-33(21-18-26)22-19-31(23-32,24-11-5-3-6-12-24)25-13-7-4-8-14-25/h3-16,26H,2,17-22H2,1H3. The summed E-state index contributed by atoms with van der Waals surface area (Å²) < 4.78 is 3.16. The van der Waals surface area contributed by atoms with Gasteiger partial charge in [0, 0.05) is 32.1 Å². The van der Waals surface area contributed by atoms with Crippen LogP contribution in [0.5, 0.6) is 0 Å². The second-order valence-corrected chi connectivity index (χ2v) is 9.80. The molecule has 1 aromatic heterocycles. The van der Waals surface area contributed by atoms with Crippen LogP contribution in [0.2, 0.25) is 0 Å². The first-order valence-corrected chi connectivity index (χ1v) is 13.1. The highest BCUT2D eigenvalue weighted by Crippen LogP contribution is 2.36. The fourth-order valence-corrected chi connectivity index (χ4v) is 5.74. The van der Waals surface area contributed by atoms with E-state index in [1.165, 1.54) is 4.57 Å². The molecule has 0 N–H and O–H groups in total. The number of piperidine rings is 1. The van der Waals surface area contributed by atoms with Crippen molar-refractivity contribution in [2.75, 3.05) is 19.6 Å². The van der Waals surface area contributed by atoms with Gasteiger partial charge in [0.05, 0.1) is 17.1 Å². The van der Waals surface area contributed by atoms with Gasteiger partial charge in [0.15, 0.2) is 0 Å². The minimum absolute atomic E-state index is 0.0449. The number of para-hydroxylation sites is 2. The van der Waals surface area contributed by atoms with Crippen LogP contribution >= 0.6 is 0 Å². The molecule has 188 valence electrons. The van der Waals surface area contributed by atoms with Gasteiger partial charge in [0.25, 0.3) is 0 Å².